The highest BCUT2D eigenvalue weighted by molar-refractivity contribution is 4.95. The summed E-state index contributed by atoms with van der Waals surface area (Å²) in [6.07, 6.45) is -22.7. The molecule has 0 aromatic heterocycles. The van der Waals surface area contributed by atoms with Gasteiger partial charge in [0.25, 0.3) is 0 Å². The van der Waals surface area contributed by atoms with Gasteiger partial charge in [0.1, 0.15) is 67.1 Å². The summed E-state index contributed by atoms with van der Waals surface area (Å²) in [5.74, 6) is 0. The molecule has 3 fully saturated rings. The van der Waals surface area contributed by atoms with Gasteiger partial charge in [-0.2, -0.15) is 0 Å². The summed E-state index contributed by atoms with van der Waals surface area (Å²) in [5.41, 5.74) is 0. The number of hydrogen-bond donors (Lipinski definition) is 10. The molecule has 3 heterocycles. The van der Waals surface area contributed by atoms with Gasteiger partial charge in [-0.1, -0.05) is 0 Å². The topological polar surface area (TPSA) is 248 Å². The Hall–Kier alpha value is -0.600. The predicted molar refractivity (Wildman–Crippen MR) is 95.2 cm³/mol. The average molecular weight is 474 g/mol. The van der Waals surface area contributed by atoms with Crippen molar-refractivity contribution in [2.75, 3.05) is 19.8 Å². The molecule has 10 N–H and O–H groups in total. The summed E-state index contributed by atoms with van der Waals surface area (Å²) in [5, 5.41) is 99.0. The highest BCUT2D eigenvalue weighted by atomic mass is 16.7. The minimum atomic E-state index is -1.83. The maximum atomic E-state index is 10.7. The van der Waals surface area contributed by atoms with Crippen molar-refractivity contribution in [3.8, 4) is 0 Å². The molecule has 15 nitrogen and oxygen atoms in total. The van der Waals surface area contributed by atoms with Gasteiger partial charge in [0.15, 0.2) is 18.9 Å². The molecule has 32 heavy (non-hydrogen) atoms. The van der Waals surface area contributed by atoms with Gasteiger partial charge in [0, 0.05) is 0 Å². The smallest absolute Gasteiger partial charge is 0.187 e. The number of aliphatic hydroxyl groups is 10. The van der Waals surface area contributed by atoms with Crippen LogP contribution < -0.4 is 0 Å². The quantitative estimate of drug-likeness (QED) is 0.172. The first-order valence-electron chi connectivity index (χ1n) is 10.00. The second-order valence-corrected chi connectivity index (χ2v) is 7.88. The molecule has 1 unspecified atom stereocenters. The zero-order valence-corrected chi connectivity index (χ0v) is 16.7. The molecule has 0 bridgehead atoms. The molecule has 0 aromatic carbocycles. The molecular weight excluding hydrogens is 444 g/mol. The van der Waals surface area contributed by atoms with E-state index in [1.165, 1.54) is 0 Å². The highest BCUT2D eigenvalue weighted by Gasteiger charge is 2.52. The van der Waals surface area contributed by atoms with Crippen molar-refractivity contribution in [2.45, 2.75) is 86.0 Å². The van der Waals surface area contributed by atoms with Crippen molar-refractivity contribution >= 4 is 0 Å². The van der Waals surface area contributed by atoms with Crippen molar-refractivity contribution in [1.29, 1.82) is 0 Å². The summed E-state index contributed by atoms with van der Waals surface area (Å²) in [6.45, 7) is -1.88. The number of hydrogen-bond acceptors (Lipinski definition) is 15. The van der Waals surface area contributed by atoms with Crippen molar-refractivity contribution in [3.05, 3.63) is 0 Å². The summed E-state index contributed by atoms with van der Waals surface area (Å²) in [6, 6.07) is 0. The van der Waals surface area contributed by atoms with Crippen LogP contribution in [0.25, 0.3) is 0 Å². The zero-order chi connectivity index (χ0) is 23.7. The lowest BCUT2D eigenvalue weighted by atomic mass is 9.96. The molecule has 15 heteroatoms. The molecule has 3 aliphatic rings. The fourth-order valence-electron chi connectivity index (χ4n) is 3.73. The summed E-state index contributed by atoms with van der Waals surface area (Å²) < 4.78 is 26.2. The summed E-state index contributed by atoms with van der Waals surface area (Å²) in [7, 11) is 0. The highest BCUT2D eigenvalue weighted by Crippen LogP contribution is 2.31. The molecule has 0 amide bonds. The van der Waals surface area contributed by atoms with Gasteiger partial charge < -0.3 is 74.7 Å². The van der Waals surface area contributed by atoms with E-state index in [0.29, 0.717) is 0 Å². The van der Waals surface area contributed by atoms with Crippen LogP contribution >= 0.6 is 0 Å². The van der Waals surface area contributed by atoms with Gasteiger partial charge in [-0.05, 0) is 0 Å². The van der Waals surface area contributed by atoms with Gasteiger partial charge >= 0.3 is 0 Å². The largest absolute Gasteiger partial charge is 0.394 e. The van der Waals surface area contributed by atoms with Crippen LogP contribution in [0.15, 0.2) is 0 Å². The normalized spacial score (nSPS) is 52.7. The Balaban J connectivity index is 1.73. The molecule has 0 radical (unpaired) electrons. The third kappa shape index (κ3) is 5.07. The second-order valence-electron chi connectivity index (χ2n) is 7.88. The molecular formula is C17H30O15. The Morgan fingerprint density at radius 2 is 1.16 bits per heavy atom. The third-order valence-corrected chi connectivity index (χ3v) is 5.72. The lowest BCUT2D eigenvalue weighted by Crippen LogP contribution is -2.65. The van der Waals surface area contributed by atoms with E-state index in [-0.39, 0.29) is 0 Å². The Morgan fingerprint density at radius 3 is 1.75 bits per heavy atom. The molecule has 3 rings (SSSR count). The number of rotatable bonds is 6. The first-order valence-corrected chi connectivity index (χ1v) is 10.00. The Labute approximate surface area is 181 Å². The molecule has 0 aromatic rings. The van der Waals surface area contributed by atoms with Crippen LogP contribution in [-0.4, -0.2) is 157 Å². The lowest BCUT2D eigenvalue weighted by Gasteiger charge is -2.47. The van der Waals surface area contributed by atoms with Crippen molar-refractivity contribution in [3.63, 3.8) is 0 Å². The van der Waals surface area contributed by atoms with Crippen LogP contribution in [0.4, 0.5) is 0 Å². The van der Waals surface area contributed by atoms with E-state index in [9.17, 15) is 51.1 Å². The number of ether oxygens (including phenoxy) is 5. The van der Waals surface area contributed by atoms with E-state index in [1.54, 1.807) is 0 Å². The third-order valence-electron chi connectivity index (χ3n) is 5.72. The first kappa shape index (κ1) is 26.0. The van der Waals surface area contributed by atoms with Crippen molar-refractivity contribution in [2.24, 2.45) is 0 Å². The molecule has 3 saturated heterocycles. The van der Waals surface area contributed by atoms with Crippen LogP contribution in [0, 0.1) is 0 Å². The van der Waals surface area contributed by atoms with Gasteiger partial charge in [-0.15, -0.1) is 0 Å². The van der Waals surface area contributed by atoms with Crippen LogP contribution in [-0.2, 0) is 23.7 Å². The van der Waals surface area contributed by atoms with E-state index in [2.05, 4.69) is 0 Å². The van der Waals surface area contributed by atoms with Crippen molar-refractivity contribution < 1.29 is 74.7 Å². The maximum Gasteiger partial charge on any atom is 0.187 e. The second kappa shape index (κ2) is 10.8. The minimum Gasteiger partial charge on any atom is -0.394 e. The fraction of sp³-hybridized carbons (Fsp3) is 1.00. The molecule has 14 atom stereocenters. The average Bonchev–Trinajstić information content (AvgIpc) is 2.78. The lowest BCUT2D eigenvalue weighted by molar-refractivity contribution is -0.372. The Kier molecular flexibility index (Phi) is 8.75. The summed E-state index contributed by atoms with van der Waals surface area (Å²) in [4.78, 5) is 0. The van der Waals surface area contributed by atoms with Crippen LogP contribution in [0.3, 0.4) is 0 Å². The molecule has 0 spiro atoms. The maximum absolute atomic E-state index is 10.7. The van der Waals surface area contributed by atoms with E-state index in [4.69, 9.17) is 23.7 Å². The van der Waals surface area contributed by atoms with Crippen molar-refractivity contribution in [1.82, 2.24) is 0 Å². The Morgan fingerprint density at radius 1 is 0.594 bits per heavy atom. The first-order chi connectivity index (χ1) is 15.1. The van der Waals surface area contributed by atoms with Crippen LogP contribution in [0.1, 0.15) is 0 Å². The van der Waals surface area contributed by atoms with E-state index >= 15 is 0 Å². The van der Waals surface area contributed by atoms with Gasteiger partial charge in [0.05, 0.1) is 19.8 Å². The zero-order valence-electron chi connectivity index (χ0n) is 16.7. The predicted octanol–water partition coefficient (Wildman–Crippen LogP) is -6.93. The van der Waals surface area contributed by atoms with Gasteiger partial charge in [-0.3, -0.25) is 0 Å². The van der Waals surface area contributed by atoms with Gasteiger partial charge in [0.2, 0.25) is 0 Å². The minimum absolute atomic E-state index is 0.392. The van der Waals surface area contributed by atoms with E-state index in [1.807, 2.05) is 0 Å². The summed E-state index contributed by atoms with van der Waals surface area (Å²) >= 11 is 0. The van der Waals surface area contributed by atoms with Gasteiger partial charge in [-0.25, -0.2) is 0 Å². The van der Waals surface area contributed by atoms with Crippen LogP contribution in [0.5, 0.6) is 0 Å². The van der Waals surface area contributed by atoms with E-state index < -0.39 is 106 Å². The fourth-order valence-corrected chi connectivity index (χ4v) is 3.73. The van der Waals surface area contributed by atoms with Crippen LogP contribution in [0.2, 0.25) is 0 Å². The molecule has 0 aliphatic carbocycles. The SMILES string of the molecule is OC[C@H]1O[C@@H](O[C@H]2[C@@H](O)[C@@H](CO)O[C@@H](O[C@@H]3COC(O)[C@H](O)[C@H]3O)[C@@H]2O)[C@H](O)[C@@H](O)[C@H]1O. The Bertz CT molecular complexity index is 594. The molecule has 3 aliphatic heterocycles. The molecule has 0 saturated carbocycles. The number of aliphatic hydroxyl groups excluding tert-OH is 10. The van der Waals surface area contributed by atoms with E-state index in [0.717, 1.165) is 0 Å². The monoisotopic (exact) mass is 474 g/mol. The standard InChI is InChI=1S/C17H30O15/c18-1-4-7(20)10(23)12(25)16(29-4)32-14-9(22)5(2-19)30-17(13(14)26)31-6-3-28-15(27)11(24)8(6)21/h4-27H,1-3H2/t4-,5-,6-,7+,8+,9+,10+,11-,12-,13-,14+,15?,16+,17+/m1/s1. The molecule has 188 valence electrons.